The Balaban J connectivity index is 1.91. The van der Waals surface area contributed by atoms with Gasteiger partial charge < -0.3 is 9.64 Å². The zero-order valence-corrected chi connectivity index (χ0v) is 16.7. The van der Waals surface area contributed by atoms with Crippen LogP contribution in [-0.2, 0) is 14.3 Å². The van der Waals surface area contributed by atoms with Gasteiger partial charge in [0.2, 0.25) is 5.91 Å². The number of esters is 1. The molecule has 2 aromatic rings. The van der Waals surface area contributed by atoms with Crippen molar-refractivity contribution >= 4 is 11.9 Å². The van der Waals surface area contributed by atoms with Crippen molar-refractivity contribution < 1.29 is 14.3 Å². The van der Waals surface area contributed by atoms with Crippen LogP contribution in [0.1, 0.15) is 23.5 Å². The molecule has 1 heterocycles. The minimum Gasteiger partial charge on any atom is -0.467 e. The molecule has 1 amide bonds. The number of piperazine rings is 1. The van der Waals surface area contributed by atoms with E-state index in [1.54, 1.807) is 4.90 Å². The molecule has 5 heteroatoms. The molecule has 1 aliphatic heterocycles. The van der Waals surface area contributed by atoms with Crippen molar-refractivity contribution in [3.05, 3.63) is 71.8 Å². The Hall–Kier alpha value is -3.10. The van der Waals surface area contributed by atoms with E-state index in [2.05, 4.69) is 10.8 Å². The maximum absolute atomic E-state index is 13.7. The van der Waals surface area contributed by atoms with Crippen LogP contribution in [0.15, 0.2) is 60.7 Å². The number of rotatable bonds is 6. The minimum absolute atomic E-state index is 0.0885. The van der Waals surface area contributed by atoms with E-state index in [0.29, 0.717) is 32.6 Å². The first-order valence-corrected chi connectivity index (χ1v) is 9.79. The topological polar surface area (TPSA) is 49.9 Å². The van der Waals surface area contributed by atoms with Crippen LogP contribution < -0.4 is 0 Å². The summed E-state index contributed by atoms with van der Waals surface area (Å²) in [5.74, 6) is 1.67. The van der Waals surface area contributed by atoms with Gasteiger partial charge in [-0.15, -0.1) is 12.3 Å². The molecule has 0 radical (unpaired) electrons. The summed E-state index contributed by atoms with van der Waals surface area (Å²) >= 11 is 0. The van der Waals surface area contributed by atoms with Crippen LogP contribution in [0, 0.1) is 12.3 Å². The lowest BCUT2D eigenvalue weighted by molar-refractivity contribution is -0.156. The first-order valence-electron chi connectivity index (χ1n) is 9.79. The summed E-state index contributed by atoms with van der Waals surface area (Å²) < 4.78 is 5.01. The number of hydrogen-bond acceptors (Lipinski definition) is 4. The van der Waals surface area contributed by atoms with Gasteiger partial charge >= 0.3 is 5.97 Å². The molecule has 0 bridgehead atoms. The molecular weight excluding hydrogens is 364 g/mol. The van der Waals surface area contributed by atoms with E-state index >= 15 is 0 Å². The number of carbonyl (C=O) groups is 2. The van der Waals surface area contributed by atoms with Gasteiger partial charge in [-0.05, 0) is 11.1 Å². The lowest BCUT2D eigenvalue weighted by Crippen LogP contribution is -2.59. The molecule has 29 heavy (non-hydrogen) atoms. The van der Waals surface area contributed by atoms with Crippen LogP contribution >= 0.6 is 0 Å². The Morgan fingerprint density at radius 3 is 2.17 bits per heavy atom. The van der Waals surface area contributed by atoms with Crippen LogP contribution in [0.25, 0.3) is 0 Å². The normalized spacial score (nSPS) is 17.0. The molecule has 1 atom stereocenters. The van der Waals surface area contributed by atoms with Crippen LogP contribution in [0.3, 0.4) is 0 Å². The smallest absolute Gasteiger partial charge is 0.329 e. The van der Waals surface area contributed by atoms with Crippen LogP contribution in [0.4, 0.5) is 0 Å². The third-order valence-corrected chi connectivity index (χ3v) is 5.31. The van der Waals surface area contributed by atoms with E-state index in [0.717, 1.165) is 11.1 Å². The molecule has 1 unspecified atom stereocenters. The molecule has 0 aliphatic carbocycles. The molecule has 5 nitrogen and oxygen atoms in total. The minimum atomic E-state index is -0.644. The second kappa shape index (κ2) is 9.90. The maximum atomic E-state index is 13.7. The van der Waals surface area contributed by atoms with Gasteiger partial charge in [-0.2, -0.15) is 0 Å². The molecule has 0 N–H and O–H groups in total. The largest absolute Gasteiger partial charge is 0.467 e. The summed E-state index contributed by atoms with van der Waals surface area (Å²) in [5, 5.41) is 0. The van der Waals surface area contributed by atoms with Crippen LogP contribution in [0.5, 0.6) is 0 Å². The Morgan fingerprint density at radius 1 is 1.07 bits per heavy atom. The number of methoxy groups -OCH3 is 1. The van der Waals surface area contributed by atoms with E-state index in [1.807, 2.05) is 60.7 Å². The molecule has 1 aliphatic rings. The number of hydrogen-bond donors (Lipinski definition) is 0. The molecule has 2 aromatic carbocycles. The second-order valence-electron chi connectivity index (χ2n) is 7.08. The highest BCUT2D eigenvalue weighted by atomic mass is 16.5. The highest BCUT2D eigenvalue weighted by Crippen LogP contribution is 2.28. The summed E-state index contributed by atoms with van der Waals surface area (Å²) in [5.41, 5.74) is 1.81. The van der Waals surface area contributed by atoms with Crippen molar-refractivity contribution in [2.75, 3.05) is 33.3 Å². The summed E-state index contributed by atoms with van der Waals surface area (Å²) in [6, 6.07) is 18.7. The van der Waals surface area contributed by atoms with Crippen LogP contribution in [-0.4, -0.2) is 61.0 Å². The quantitative estimate of drug-likeness (QED) is 0.562. The third kappa shape index (κ3) is 4.85. The first-order chi connectivity index (χ1) is 14.2. The molecule has 0 aromatic heterocycles. The highest BCUT2D eigenvalue weighted by Gasteiger charge is 2.39. The average molecular weight is 390 g/mol. The summed E-state index contributed by atoms with van der Waals surface area (Å²) in [6.07, 6.45) is 5.99. The number of amides is 1. The molecule has 1 fully saturated rings. The number of benzene rings is 2. The maximum Gasteiger partial charge on any atom is 0.329 e. The van der Waals surface area contributed by atoms with Gasteiger partial charge in [0.1, 0.15) is 6.04 Å². The number of ether oxygens (including phenoxy) is 1. The fourth-order valence-corrected chi connectivity index (χ4v) is 3.80. The SMILES string of the molecule is C#CCCN1CCN(C(=O)C(c2ccccc2)c2ccccc2)C(C(=O)OC)C1. The van der Waals surface area contributed by atoms with Crippen molar-refractivity contribution in [3.63, 3.8) is 0 Å². The van der Waals surface area contributed by atoms with E-state index in [1.165, 1.54) is 7.11 Å². The zero-order chi connectivity index (χ0) is 20.6. The van der Waals surface area contributed by atoms with Crippen molar-refractivity contribution in [1.29, 1.82) is 0 Å². The molecule has 1 saturated heterocycles. The Kier molecular flexibility index (Phi) is 7.04. The summed E-state index contributed by atoms with van der Waals surface area (Å²) in [4.78, 5) is 30.0. The molecule has 150 valence electrons. The lowest BCUT2D eigenvalue weighted by atomic mass is 9.89. The van der Waals surface area contributed by atoms with E-state index in [-0.39, 0.29) is 5.91 Å². The van der Waals surface area contributed by atoms with Gasteiger partial charge in [0, 0.05) is 32.6 Å². The predicted octanol–water partition coefficient (Wildman–Crippen LogP) is 2.53. The predicted molar refractivity (Wildman–Crippen MR) is 112 cm³/mol. The highest BCUT2D eigenvalue weighted by molar-refractivity contribution is 5.91. The van der Waals surface area contributed by atoms with Gasteiger partial charge in [-0.25, -0.2) is 4.79 Å². The number of nitrogens with zero attached hydrogens (tertiary/aromatic N) is 2. The van der Waals surface area contributed by atoms with Gasteiger partial charge in [-0.3, -0.25) is 9.69 Å². The van der Waals surface area contributed by atoms with Gasteiger partial charge in [0.15, 0.2) is 0 Å². The van der Waals surface area contributed by atoms with E-state index < -0.39 is 17.9 Å². The fourth-order valence-electron chi connectivity index (χ4n) is 3.80. The van der Waals surface area contributed by atoms with E-state index in [9.17, 15) is 9.59 Å². The van der Waals surface area contributed by atoms with Gasteiger partial charge in [0.25, 0.3) is 0 Å². The van der Waals surface area contributed by atoms with Crippen molar-refractivity contribution in [3.8, 4) is 12.3 Å². The number of terminal acetylenes is 1. The Labute approximate surface area is 172 Å². The van der Waals surface area contributed by atoms with Crippen molar-refractivity contribution in [1.82, 2.24) is 9.80 Å². The summed E-state index contributed by atoms with van der Waals surface area (Å²) in [6.45, 7) is 2.26. The lowest BCUT2D eigenvalue weighted by Gasteiger charge is -2.41. The molecule has 0 spiro atoms. The Morgan fingerprint density at radius 2 is 1.66 bits per heavy atom. The monoisotopic (exact) mass is 390 g/mol. The van der Waals surface area contributed by atoms with Crippen molar-refractivity contribution in [2.24, 2.45) is 0 Å². The first kappa shape index (κ1) is 20.6. The van der Waals surface area contributed by atoms with Crippen molar-refractivity contribution in [2.45, 2.75) is 18.4 Å². The van der Waals surface area contributed by atoms with Gasteiger partial charge in [-0.1, -0.05) is 60.7 Å². The van der Waals surface area contributed by atoms with Gasteiger partial charge in [0.05, 0.1) is 13.0 Å². The molecular formula is C24H26N2O3. The second-order valence-corrected chi connectivity index (χ2v) is 7.08. The summed E-state index contributed by atoms with van der Waals surface area (Å²) in [7, 11) is 1.36. The van der Waals surface area contributed by atoms with Crippen LogP contribution in [0.2, 0.25) is 0 Å². The molecule has 3 rings (SSSR count). The standard InChI is InChI=1S/C24H26N2O3/c1-3-4-15-25-16-17-26(21(18-25)24(28)29-2)23(27)22(19-11-7-5-8-12-19)20-13-9-6-10-14-20/h1,5-14,21-22H,4,15-18H2,2H3. The third-order valence-electron chi connectivity index (χ3n) is 5.31. The average Bonchev–Trinajstić information content (AvgIpc) is 2.78. The fraction of sp³-hybridized carbons (Fsp3) is 0.333. The molecule has 0 saturated carbocycles. The zero-order valence-electron chi connectivity index (χ0n) is 16.7. The number of carbonyl (C=O) groups excluding carboxylic acids is 2. The Bertz CT molecular complexity index is 821. The van der Waals surface area contributed by atoms with E-state index in [4.69, 9.17) is 11.2 Å².